The molecule has 184 valence electrons. The van der Waals surface area contributed by atoms with Gasteiger partial charge in [0.1, 0.15) is 0 Å². The predicted molar refractivity (Wildman–Crippen MR) is 174 cm³/mol. The number of rotatable bonds is 1. The second-order valence-corrected chi connectivity index (χ2v) is 10.7. The molecule has 0 aliphatic heterocycles. The maximum Gasteiger partial charge on any atom is 0.0332 e. The highest BCUT2D eigenvalue weighted by Gasteiger charge is 2.10. The normalized spacial score (nSPS) is 11.2. The van der Waals surface area contributed by atoms with Crippen molar-refractivity contribution in [3.8, 4) is 11.1 Å². The smallest absolute Gasteiger partial charge is 0.0332 e. The van der Waals surface area contributed by atoms with Crippen molar-refractivity contribution in [3.63, 3.8) is 0 Å². The van der Waals surface area contributed by atoms with E-state index < -0.39 is 0 Å². The van der Waals surface area contributed by atoms with Crippen LogP contribution in [0.4, 0.5) is 0 Å². The first-order chi connectivity index (χ1) is 19.3. The Morgan fingerprint density at radius 3 is 1.21 bits per heavy atom. The molecule has 0 nitrogen and oxygen atoms in total. The third kappa shape index (κ3) is 4.35. The van der Waals surface area contributed by atoms with Crippen LogP contribution in [-0.4, -0.2) is 0 Å². The van der Waals surface area contributed by atoms with E-state index in [1.807, 2.05) is 0 Å². The van der Waals surface area contributed by atoms with E-state index in [1.165, 1.54) is 69.5 Å². The third-order valence-corrected chi connectivity index (χ3v) is 8.37. The maximum atomic E-state index is 3.68. The fourth-order valence-corrected chi connectivity index (χ4v) is 6.35. The molecule has 39 heavy (non-hydrogen) atoms. The van der Waals surface area contributed by atoms with Gasteiger partial charge in [-0.2, -0.15) is 0 Å². The molecule has 1 heteroatoms. The molecular weight excluding hydrogens is 536 g/mol. The fourth-order valence-electron chi connectivity index (χ4n) is 5.63. The van der Waals surface area contributed by atoms with Gasteiger partial charge in [-0.25, -0.2) is 0 Å². The average molecular weight is 562 g/mol. The maximum absolute atomic E-state index is 3.68. The summed E-state index contributed by atoms with van der Waals surface area (Å²) in [5.74, 6) is 0. The number of halogens is 1. The Balaban J connectivity index is 0.000000145. The molecule has 8 aromatic rings. The molecular formula is C38H25Br. The number of fused-ring (bicyclic) bond motifs is 5. The lowest BCUT2D eigenvalue weighted by Crippen LogP contribution is -1.86. The summed E-state index contributed by atoms with van der Waals surface area (Å²) in [4.78, 5) is 0. The minimum atomic E-state index is 1.19. The first-order valence-corrected chi connectivity index (χ1v) is 14.0. The van der Waals surface area contributed by atoms with Gasteiger partial charge in [-0.05, 0) is 99.1 Å². The van der Waals surface area contributed by atoms with Crippen LogP contribution in [0.2, 0.25) is 0 Å². The van der Waals surface area contributed by atoms with Crippen LogP contribution < -0.4 is 0 Å². The summed E-state index contributed by atoms with van der Waals surface area (Å²) in [6, 6.07) is 54.1. The number of hydrogen-bond acceptors (Lipinski definition) is 0. The molecule has 0 unspecified atom stereocenters. The van der Waals surface area contributed by atoms with Crippen LogP contribution in [0.25, 0.3) is 65.0 Å². The Bertz CT molecular complexity index is 2030. The molecule has 0 spiro atoms. The van der Waals surface area contributed by atoms with Crippen molar-refractivity contribution in [3.05, 3.63) is 156 Å². The molecule has 0 aromatic heterocycles. The van der Waals surface area contributed by atoms with E-state index in [1.54, 1.807) is 0 Å². The van der Waals surface area contributed by atoms with Gasteiger partial charge in [0.25, 0.3) is 0 Å². The molecule has 8 rings (SSSR count). The van der Waals surface area contributed by atoms with E-state index in [-0.39, 0.29) is 0 Å². The van der Waals surface area contributed by atoms with Gasteiger partial charge in [0.2, 0.25) is 0 Å². The summed E-state index contributed by atoms with van der Waals surface area (Å²) in [7, 11) is 0. The minimum Gasteiger partial charge on any atom is -0.0616 e. The highest BCUT2D eigenvalue weighted by molar-refractivity contribution is 9.10. The lowest BCUT2D eigenvalue weighted by Gasteiger charge is -2.13. The summed E-state index contributed by atoms with van der Waals surface area (Å²) < 4.78 is 1.19. The third-order valence-electron chi connectivity index (χ3n) is 7.51. The molecule has 0 atom stereocenters. The van der Waals surface area contributed by atoms with E-state index in [0.29, 0.717) is 0 Å². The van der Waals surface area contributed by atoms with E-state index in [4.69, 9.17) is 0 Å². The summed E-state index contributed by atoms with van der Waals surface area (Å²) in [6.45, 7) is 0. The lowest BCUT2D eigenvalue weighted by molar-refractivity contribution is 1.70. The van der Waals surface area contributed by atoms with Gasteiger partial charge in [0.05, 0.1) is 0 Å². The van der Waals surface area contributed by atoms with Crippen molar-refractivity contribution in [1.29, 1.82) is 0 Å². The van der Waals surface area contributed by atoms with Gasteiger partial charge in [-0.15, -0.1) is 0 Å². The van der Waals surface area contributed by atoms with E-state index in [0.717, 1.165) is 0 Å². The van der Waals surface area contributed by atoms with Crippen LogP contribution in [0.1, 0.15) is 0 Å². The Kier molecular flexibility index (Phi) is 6.07. The summed E-state index contributed by atoms with van der Waals surface area (Å²) in [5, 5.41) is 12.9. The predicted octanol–water partition coefficient (Wildman–Crippen LogP) is 11.6. The van der Waals surface area contributed by atoms with Crippen LogP contribution in [0, 0.1) is 0 Å². The molecule has 0 aliphatic carbocycles. The van der Waals surface area contributed by atoms with E-state index in [2.05, 4.69) is 168 Å². The van der Waals surface area contributed by atoms with Crippen LogP contribution in [0.15, 0.2) is 156 Å². The highest BCUT2D eigenvalue weighted by Crippen LogP contribution is 2.37. The Morgan fingerprint density at radius 2 is 0.692 bits per heavy atom. The van der Waals surface area contributed by atoms with Crippen LogP contribution in [0.5, 0.6) is 0 Å². The summed E-state index contributed by atoms with van der Waals surface area (Å²) >= 11 is 3.68. The summed E-state index contributed by atoms with van der Waals surface area (Å²) in [6.07, 6.45) is 0. The Morgan fingerprint density at radius 1 is 0.308 bits per heavy atom. The molecule has 0 fully saturated rings. The van der Waals surface area contributed by atoms with Gasteiger partial charge >= 0.3 is 0 Å². The molecule has 0 saturated carbocycles. The van der Waals surface area contributed by atoms with Gasteiger partial charge in [-0.3, -0.25) is 0 Å². The molecule has 0 bridgehead atoms. The molecule has 0 aliphatic rings. The molecule has 0 saturated heterocycles. The molecule has 0 N–H and O–H groups in total. The number of benzene rings is 8. The van der Waals surface area contributed by atoms with Crippen LogP contribution in [-0.2, 0) is 0 Å². The van der Waals surface area contributed by atoms with Crippen molar-refractivity contribution in [2.75, 3.05) is 0 Å². The van der Waals surface area contributed by atoms with Crippen molar-refractivity contribution in [2.24, 2.45) is 0 Å². The molecule has 0 amide bonds. The summed E-state index contributed by atoms with van der Waals surface area (Å²) in [5.41, 5.74) is 2.61. The second-order valence-electron chi connectivity index (χ2n) is 9.89. The fraction of sp³-hybridized carbons (Fsp3) is 0. The average Bonchev–Trinajstić information content (AvgIpc) is 3.00. The number of hydrogen-bond donors (Lipinski definition) is 0. The van der Waals surface area contributed by atoms with Gasteiger partial charge in [-0.1, -0.05) is 133 Å². The van der Waals surface area contributed by atoms with Crippen LogP contribution >= 0.6 is 15.9 Å². The largest absolute Gasteiger partial charge is 0.0616 e. The first kappa shape index (κ1) is 23.6. The van der Waals surface area contributed by atoms with E-state index >= 15 is 0 Å². The monoisotopic (exact) mass is 560 g/mol. The zero-order chi connectivity index (χ0) is 26.2. The lowest BCUT2D eigenvalue weighted by atomic mass is 9.91. The topological polar surface area (TPSA) is 0 Å². The standard InChI is InChI=1S/C24H16.C14H9Br/c1-2-8-18-15-21(14-13-17(18)7-1)24-22-11-5-3-9-19(22)16-20-10-4-6-12-23(20)24;15-14-12-7-3-1-5-10(12)9-11-6-2-4-8-13(11)14/h1-16H;1-9H. The van der Waals surface area contributed by atoms with Crippen molar-refractivity contribution in [1.82, 2.24) is 0 Å². The molecule has 0 heterocycles. The quantitative estimate of drug-likeness (QED) is 0.175. The second kappa shape index (κ2) is 10.0. The van der Waals surface area contributed by atoms with Gasteiger partial charge in [0, 0.05) is 4.47 Å². The van der Waals surface area contributed by atoms with Crippen molar-refractivity contribution < 1.29 is 0 Å². The van der Waals surface area contributed by atoms with Gasteiger partial charge in [0.15, 0.2) is 0 Å². The molecule has 0 radical (unpaired) electrons. The Labute approximate surface area is 236 Å². The zero-order valence-corrected chi connectivity index (χ0v) is 22.9. The molecule has 8 aromatic carbocycles. The van der Waals surface area contributed by atoms with Crippen molar-refractivity contribution in [2.45, 2.75) is 0 Å². The van der Waals surface area contributed by atoms with E-state index in [9.17, 15) is 0 Å². The SMILES string of the molecule is Brc1c2ccccc2cc2ccccc12.c1ccc2cc(-c3c4ccccc4cc4ccccc34)ccc2c1. The zero-order valence-electron chi connectivity index (χ0n) is 21.3. The van der Waals surface area contributed by atoms with Crippen LogP contribution in [0.3, 0.4) is 0 Å². The first-order valence-electron chi connectivity index (χ1n) is 13.2. The highest BCUT2D eigenvalue weighted by atomic mass is 79.9. The Hall–Kier alpha value is -4.46. The minimum absolute atomic E-state index is 1.19. The van der Waals surface area contributed by atoms with Crippen molar-refractivity contribution >= 4 is 69.8 Å². The van der Waals surface area contributed by atoms with Gasteiger partial charge < -0.3 is 0 Å².